The molecular weight excluding hydrogens is 319 g/mol. The maximum atomic E-state index is 13.7. The highest BCUT2D eigenvalue weighted by molar-refractivity contribution is 9.10. The van der Waals surface area contributed by atoms with Gasteiger partial charge < -0.3 is 5.73 Å². The molecule has 2 N–H and O–H groups in total. The maximum Gasteiger partial charge on any atom is 0.129 e. The zero-order valence-electron chi connectivity index (χ0n) is 9.84. The second-order valence-corrected chi connectivity index (χ2v) is 5.04. The fourth-order valence-electron chi connectivity index (χ4n) is 1.90. The Labute approximate surface area is 117 Å². The first-order chi connectivity index (χ1) is 8.99. The fraction of sp³-hybridized carbons (Fsp3) is 0.143. The lowest BCUT2D eigenvalue weighted by Crippen LogP contribution is -2.16. The Bertz CT molecular complexity index is 581. The van der Waals surface area contributed by atoms with Crippen LogP contribution >= 0.6 is 15.9 Å². The first-order valence-corrected chi connectivity index (χ1v) is 6.41. The standard InChI is InChI=1S/C14H11BrF3N/c15-10-2-1-3-12(18)14(10)13(19)7-8-6-9(16)4-5-11(8)17/h1-6,13H,7,19H2. The second-order valence-electron chi connectivity index (χ2n) is 4.18. The molecule has 100 valence electrons. The van der Waals surface area contributed by atoms with E-state index in [4.69, 9.17) is 5.73 Å². The Balaban J connectivity index is 2.31. The molecule has 0 aliphatic heterocycles. The summed E-state index contributed by atoms with van der Waals surface area (Å²) >= 11 is 3.21. The van der Waals surface area contributed by atoms with E-state index >= 15 is 0 Å². The van der Waals surface area contributed by atoms with Gasteiger partial charge in [0.25, 0.3) is 0 Å². The molecule has 2 aromatic carbocycles. The maximum absolute atomic E-state index is 13.7. The third-order valence-electron chi connectivity index (χ3n) is 2.82. The number of hydrogen-bond acceptors (Lipinski definition) is 1. The first kappa shape index (κ1) is 14.1. The molecule has 0 radical (unpaired) electrons. The number of halogens is 4. The van der Waals surface area contributed by atoms with E-state index in [1.165, 1.54) is 6.07 Å². The van der Waals surface area contributed by atoms with E-state index in [1.54, 1.807) is 12.1 Å². The molecule has 0 aliphatic rings. The minimum Gasteiger partial charge on any atom is -0.324 e. The topological polar surface area (TPSA) is 26.0 Å². The smallest absolute Gasteiger partial charge is 0.129 e. The van der Waals surface area contributed by atoms with E-state index in [2.05, 4.69) is 15.9 Å². The van der Waals surface area contributed by atoms with Crippen molar-refractivity contribution in [2.24, 2.45) is 5.73 Å². The molecule has 0 fully saturated rings. The Morgan fingerprint density at radius 2 is 1.79 bits per heavy atom. The molecule has 0 saturated heterocycles. The normalized spacial score (nSPS) is 12.5. The second kappa shape index (κ2) is 5.75. The SMILES string of the molecule is NC(Cc1cc(F)ccc1F)c1c(F)cccc1Br. The van der Waals surface area contributed by atoms with Crippen molar-refractivity contribution in [3.05, 3.63) is 69.4 Å². The molecule has 5 heteroatoms. The van der Waals surface area contributed by atoms with Crippen LogP contribution in [0.1, 0.15) is 17.2 Å². The van der Waals surface area contributed by atoms with Crippen molar-refractivity contribution < 1.29 is 13.2 Å². The number of rotatable bonds is 3. The number of nitrogens with two attached hydrogens (primary N) is 1. The van der Waals surface area contributed by atoms with Crippen LogP contribution in [0.3, 0.4) is 0 Å². The molecule has 19 heavy (non-hydrogen) atoms. The van der Waals surface area contributed by atoms with Crippen LogP contribution in [0.5, 0.6) is 0 Å². The van der Waals surface area contributed by atoms with Crippen molar-refractivity contribution in [1.82, 2.24) is 0 Å². The van der Waals surface area contributed by atoms with E-state index in [9.17, 15) is 13.2 Å². The van der Waals surface area contributed by atoms with E-state index in [0.29, 0.717) is 4.47 Å². The van der Waals surface area contributed by atoms with Gasteiger partial charge >= 0.3 is 0 Å². The first-order valence-electron chi connectivity index (χ1n) is 5.62. The van der Waals surface area contributed by atoms with Crippen molar-refractivity contribution in [3.63, 3.8) is 0 Å². The van der Waals surface area contributed by atoms with Gasteiger partial charge in [0, 0.05) is 16.1 Å². The lowest BCUT2D eigenvalue weighted by Gasteiger charge is -2.15. The molecule has 0 bridgehead atoms. The summed E-state index contributed by atoms with van der Waals surface area (Å²) in [5.41, 5.74) is 6.27. The van der Waals surface area contributed by atoms with E-state index in [0.717, 1.165) is 18.2 Å². The monoisotopic (exact) mass is 329 g/mol. The predicted octanol–water partition coefficient (Wildman–Crippen LogP) is 4.11. The van der Waals surface area contributed by atoms with Gasteiger partial charge in [-0.2, -0.15) is 0 Å². The lowest BCUT2D eigenvalue weighted by atomic mass is 9.99. The Hall–Kier alpha value is -1.33. The quantitative estimate of drug-likeness (QED) is 0.901. The molecule has 0 spiro atoms. The van der Waals surface area contributed by atoms with Gasteiger partial charge in [-0.1, -0.05) is 22.0 Å². The zero-order valence-corrected chi connectivity index (χ0v) is 11.4. The van der Waals surface area contributed by atoms with Gasteiger partial charge in [-0.15, -0.1) is 0 Å². The van der Waals surface area contributed by atoms with Crippen molar-refractivity contribution >= 4 is 15.9 Å². The highest BCUT2D eigenvalue weighted by atomic mass is 79.9. The summed E-state index contributed by atoms with van der Waals surface area (Å²) in [5.74, 6) is -1.57. The summed E-state index contributed by atoms with van der Waals surface area (Å²) in [5, 5.41) is 0. The van der Waals surface area contributed by atoms with Crippen molar-refractivity contribution in [3.8, 4) is 0 Å². The summed E-state index contributed by atoms with van der Waals surface area (Å²) in [6, 6.07) is 6.86. The van der Waals surface area contributed by atoms with E-state index in [-0.39, 0.29) is 17.5 Å². The van der Waals surface area contributed by atoms with Crippen molar-refractivity contribution in [2.75, 3.05) is 0 Å². The van der Waals surface area contributed by atoms with Gasteiger partial charge in [0.15, 0.2) is 0 Å². The Morgan fingerprint density at radius 3 is 2.47 bits per heavy atom. The average Bonchev–Trinajstić information content (AvgIpc) is 2.33. The lowest BCUT2D eigenvalue weighted by molar-refractivity contribution is 0.553. The van der Waals surface area contributed by atoms with Crippen LogP contribution in [0.15, 0.2) is 40.9 Å². The summed E-state index contributed by atoms with van der Waals surface area (Å²) < 4.78 is 40.8. The van der Waals surface area contributed by atoms with Gasteiger partial charge in [-0.25, -0.2) is 13.2 Å². The van der Waals surface area contributed by atoms with Crippen molar-refractivity contribution in [1.29, 1.82) is 0 Å². The minimum atomic E-state index is -0.758. The largest absolute Gasteiger partial charge is 0.324 e. The highest BCUT2D eigenvalue weighted by Gasteiger charge is 2.17. The van der Waals surface area contributed by atoms with E-state index in [1.807, 2.05) is 0 Å². The van der Waals surface area contributed by atoms with Crippen LogP contribution in [0.25, 0.3) is 0 Å². The van der Waals surface area contributed by atoms with Crippen LogP contribution in [-0.2, 0) is 6.42 Å². The summed E-state index contributed by atoms with van der Waals surface area (Å²) in [4.78, 5) is 0. The summed E-state index contributed by atoms with van der Waals surface area (Å²) in [7, 11) is 0. The zero-order chi connectivity index (χ0) is 14.0. The van der Waals surface area contributed by atoms with Gasteiger partial charge in [-0.05, 0) is 42.3 Å². The fourth-order valence-corrected chi connectivity index (χ4v) is 2.54. The highest BCUT2D eigenvalue weighted by Crippen LogP contribution is 2.27. The predicted molar refractivity (Wildman–Crippen MR) is 71.1 cm³/mol. The molecule has 0 saturated carbocycles. The van der Waals surface area contributed by atoms with Crippen LogP contribution in [0.2, 0.25) is 0 Å². The van der Waals surface area contributed by atoms with Crippen molar-refractivity contribution in [2.45, 2.75) is 12.5 Å². The summed E-state index contributed by atoms with van der Waals surface area (Å²) in [6.07, 6.45) is 0.0170. The van der Waals surface area contributed by atoms with Crippen LogP contribution in [0, 0.1) is 17.5 Å². The molecule has 0 heterocycles. The van der Waals surface area contributed by atoms with Gasteiger partial charge in [0.2, 0.25) is 0 Å². The molecular formula is C14H11BrF3N. The van der Waals surface area contributed by atoms with Gasteiger partial charge in [0.05, 0.1) is 0 Å². The number of benzene rings is 2. The third-order valence-corrected chi connectivity index (χ3v) is 3.51. The molecule has 0 aromatic heterocycles. The molecule has 2 aromatic rings. The van der Waals surface area contributed by atoms with E-state index < -0.39 is 23.5 Å². The Morgan fingerprint density at radius 1 is 1.05 bits per heavy atom. The molecule has 1 unspecified atom stereocenters. The van der Waals surface area contributed by atoms with Crippen LogP contribution in [0.4, 0.5) is 13.2 Å². The van der Waals surface area contributed by atoms with Crippen LogP contribution in [-0.4, -0.2) is 0 Å². The molecule has 2 rings (SSSR count). The Kier molecular flexibility index (Phi) is 4.27. The molecule has 0 aliphatic carbocycles. The summed E-state index contributed by atoms with van der Waals surface area (Å²) in [6.45, 7) is 0. The molecule has 1 nitrogen and oxygen atoms in total. The number of hydrogen-bond donors (Lipinski definition) is 1. The van der Waals surface area contributed by atoms with Gasteiger partial charge in [0.1, 0.15) is 17.5 Å². The average molecular weight is 330 g/mol. The third kappa shape index (κ3) is 3.16. The molecule has 1 atom stereocenters. The van der Waals surface area contributed by atoms with Gasteiger partial charge in [-0.3, -0.25) is 0 Å². The minimum absolute atomic E-state index is 0.0170. The molecule has 0 amide bonds. The van der Waals surface area contributed by atoms with Crippen LogP contribution < -0.4 is 5.73 Å².